The fraction of sp³-hybridized carbons (Fsp3) is 0. The highest BCUT2D eigenvalue weighted by Gasteiger charge is 2.38. The SMILES string of the molecule is O=C(ON1C(=O)c2ccccc2C1=O)c1ccccc1. The zero-order chi connectivity index (χ0) is 14.1. The monoisotopic (exact) mass is 267 g/mol. The molecule has 5 heteroatoms. The summed E-state index contributed by atoms with van der Waals surface area (Å²) in [6, 6.07) is 14.5. The Hall–Kier alpha value is -2.95. The molecule has 20 heavy (non-hydrogen) atoms. The number of benzene rings is 2. The van der Waals surface area contributed by atoms with Gasteiger partial charge in [-0.3, -0.25) is 9.59 Å². The van der Waals surface area contributed by atoms with Crippen LogP contribution in [0, 0.1) is 0 Å². The van der Waals surface area contributed by atoms with Crippen molar-refractivity contribution in [1.29, 1.82) is 0 Å². The molecule has 0 saturated carbocycles. The first kappa shape index (κ1) is 12.1. The summed E-state index contributed by atoms with van der Waals surface area (Å²) in [5.74, 6) is -2.01. The predicted molar refractivity (Wildman–Crippen MR) is 68.8 cm³/mol. The summed E-state index contributed by atoms with van der Waals surface area (Å²) >= 11 is 0. The van der Waals surface area contributed by atoms with Crippen LogP contribution in [0.15, 0.2) is 54.6 Å². The second-order valence-electron chi connectivity index (χ2n) is 4.20. The fourth-order valence-electron chi connectivity index (χ4n) is 1.96. The molecule has 0 aliphatic carbocycles. The highest BCUT2D eigenvalue weighted by Crippen LogP contribution is 2.23. The smallest absolute Gasteiger partial charge is 0.324 e. The molecule has 0 bridgehead atoms. The van der Waals surface area contributed by atoms with Crippen molar-refractivity contribution in [3.63, 3.8) is 0 Å². The number of hydrogen-bond donors (Lipinski definition) is 0. The Morgan fingerprint density at radius 2 is 1.30 bits per heavy atom. The average molecular weight is 267 g/mol. The molecule has 1 aliphatic rings. The summed E-state index contributed by atoms with van der Waals surface area (Å²) in [5.41, 5.74) is 0.737. The Bertz CT molecular complexity index is 674. The van der Waals surface area contributed by atoms with Crippen molar-refractivity contribution < 1.29 is 19.2 Å². The minimum atomic E-state index is -0.750. The average Bonchev–Trinajstić information content (AvgIpc) is 2.74. The van der Waals surface area contributed by atoms with E-state index in [1.54, 1.807) is 42.5 Å². The summed E-state index contributed by atoms with van der Waals surface area (Å²) < 4.78 is 0. The topological polar surface area (TPSA) is 63.7 Å². The Morgan fingerprint density at radius 1 is 0.800 bits per heavy atom. The van der Waals surface area contributed by atoms with Crippen molar-refractivity contribution in [2.24, 2.45) is 0 Å². The summed E-state index contributed by atoms with van der Waals surface area (Å²) in [6.45, 7) is 0. The molecule has 2 amide bonds. The maximum Gasteiger partial charge on any atom is 0.363 e. The minimum Gasteiger partial charge on any atom is -0.324 e. The molecule has 0 atom stereocenters. The molecule has 0 unspecified atom stereocenters. The quantitative estimate of drug-likeness (QED) is 0.781. The van der Waals surface area contributed by atoms with E-state index < -0.39 is 17.8 Å². The lowest BCUT2D eigenvalue weighted by molar-refractivity contribution is -0.0584. The van der Waals surface area contributed by atoms with E-state index in [9.17, 15) is 14.4 Å². The number of amides is 2. The molecule has 0 aromatic heterocycles. The number of fused-ring (bicyclic) bond motifs is 1. The van der Waals surface area contributed by atoms with Crippen LogP contribution in [0.4, 0.5) is 0 Å². The molecule has 0 fully saturated rings. The van der Waals surface area contributed by atoms with Gasteiger partial charge in [0.1, 0.15) is 0 Å². The number of nitrogens with zero attached hydrogens (tertiary/aromatic N) is 1. The van der Waals surface area contributed by atoms with Gasteiger partial charge in [0, 0.05) is 0 Å². The molecule has 2 aromatic carbocycles. The van der Waals surface area contributed by atoms with Gasteiger partial charge in [-0.05, 0) is 24.3 Å². The van der Waals surface area contributed by atoms with E-state index >= 15 is 0 Å². The van der Waals surface area contributed by atoms with Gasteiger partial charge in [0.2, 0.25) is 0 Å². The minimum absolute atomic E-state index is 0.235. The van der Waals surface area contributed by atoms with Crippen molar-refractivity contribution in [2.45, 2.75) is 0 Å². The van der Waals surface area contributed by atoms with Crippen LogP contribution in [0.1, 0.15) is 31.1 Å². The van der Waals surface area contributed by atoms with Crippen LogP contribution in [0.2, 0.25) is 0 Å². The number of rotatable bonds is 2. The Kier molecular flexibility index (Phi) is 2.80. The third-order valence-electron chi connectivity index (χ3n) is 2.94. The summed E-state index contributed by atoms with van der Waals surface area (Å²) in [6.07, 6.45) is 0. The molecule has 1 aliphatic heterocycles. The van der Waals surface area contributed by atoms with Gasteiger partial charge >= 0.3 is 5.97 Å². The molecular formula is C15H9NO4. The maximum absolute atomic E-state index is 12.0. The van der Waals surface area contributed by atoms with Crippen molar-refractivity contribution in [1.82, 2.24) is 5.06 Å². The number of carbonyl (C=O) groups is 3. The standard InChI is InChI=1S/C15H9NO4/c17-13-11-8-4-5-9-12(11)14(18)16(13)20-15(19)10-6-2-1-3-7-10/h1-9H. The fourth-order valence-corrected chi connectivity index (χ4v) is 1.96. The molecule has 1 heterocycles. The van der Waals surface area contributed by atoms with Crippen LogP contribution < -0.4 is 0 Å². The molecule has 98 valence electrons. The number of hydrogen-bond acceptors (Lipinski definition) is 4. The maximum atomic E-state index is 12.0. The van der Waals surface area contributed by atoms with E-state index in [-0.39, 0.29) is 16.7 Å². The lowest BCUT2D eigenvalue weighted by atomic mass is 10.1. The number of hydroxylamine groups is 2. The van der Waals surface area contributed by atoms with E-state index in [1.165, 1.54) is 12.1 Å². The van der Waals surface area contributed by atoms with Gasteiger partial charge in [-0.2, -0.15) is 0 Å². The van der Waals surface area contributed by atoms with Crippen molar-refractivity contribution in [2.75, 3.05) is 0 Å². The van der Waals surface area contributed by atoms with E-state index in [2.05, 4.69) is 0 Å². The highest BCUT2D eigenvalue weighted by atomic mass is 16.7. The third-order valence-corrected chi connectivity index (χ3v) is 2.94. The van der Waals surface area contributed by atoms with Gasteiger partial charge < -0.3 is 4.84 Å². The lowest BCUT2D eigenvalue weighted by Crippen LogP contribution is -2.32. The molecule has 0 spiro atoms. The van der Waals surface area contributed by atoms with Crippen LogP contribution >= 0.6 is 0 Å². The first-order valence-electron chi connectivity index (χ1n) is 5.93. The molecule has 3 rings (SSSR count). The molecule has 0 N–H and O–H groups in total. The Balaban J connectivity index is 1.86. The van der Waals surface area contributed by atoms with Gasteiger partial charge in [-0.15, -0.1) is 0 Å². The highest BCUT2D eigenvalue weighted by molar-refractivity contribution is 6.21. The number of carbonyl (C=O) groups excluding carboxylic acids is 3. The second kappa shape index (κ2) is 4.62. The molecule has 0 radical (unpaired) electrons. The van der Waals surface area contributed by atoms with E-state index in [0.29, 0.717) is 5.06 Å². The zero-order valence-electron chi connectivity index (χ0n) is 10.3. The normalized spacial score (nSPS) is 13.3. The summed E-state index contributed by atoms with van der Waals surface area (Å²) in [5, 5.41) is 0.500. The van der Waals surface area contributed by atoms with Crippen LogP contribution in [-0.4, -0.2) is 22.8 Å². The first-order valence-corrected chi connectivity index (χ1v) is 5.93. The zero-order valence-corrected chi connectivity index (χ0v) is 10.3. The van der Waals surface area contributed by atoms with Crippen LogP contribution in [-0.2, 0) is 4.84 Å². The van der Waals surface area contributed by atoms with Gasteiger partial charge in [0.05, 0.1) is 16.7 Å². The largest absolute Gasteiger partial charge is 0.363 e. The van der Waals surface area contributed by atoms with Crippen LogP contribution in [0.25, 0.3) is 0 Å². The summed E-state index contributed by atoms with van der Waals surface area (Å²) in [7, 11) is 0. The Labute approximate surface area is 114 Å². The van der Waals surface area contributed by atoms with E-state index in [1.807, 2.05) is 0 Å². The van der Waals surface area contributed by atoms with Gasteiger partial charge in [0.15, 0.2) is 0 Å². The van der Waals surface area contributed by atoms with Gasteiger partial charge in [-0.1, -0.05) is 35.4 Å². The lowest BCUT2D eigenvalue weighted by Gasteiger charge is -2.12. The van der Waals surface area contributed by atoms with Gasteiger partial charge in [-0.25, -0.2) is 4.79 Å². The van der Waals surface area contributed by atoms with Crippen LogP contribution in [0.3, 0.4) is 0 Å². The van der Waals surface area contributed by atoms with Crippen molar-refractivity contribution in [3.8, 4) is 0 Å². The van der Waals surface area contributed by atoms with Crippen molar-refractivity contribution in [3.05, 3.63) is 71.3 Å². The van der Waals surface area contributed by atoms with E-state index in [0.717, 1.165) is 0 Å². The Morgan fingerprint density at radius 3 is 1.85 bits per heavy atom. The summed E-state index contributed by atoms with van der Waals surface area (Å²) in [4.78, 5) is 40.8. The molecule has 0 saturated heterocycles. The molecule has 2 aromatic rings. The van der Waals surface area contributed by atoms with Crippen molar-refractivity contribution >= 4 is 17.8 Å². The van der Waals surface area contributed by atoms with E-state index in [4.69, 9.17) is 4.84 Å². The predicted octanol–water partition coefficient (Wildman–Crippen LogP) is 2.05. The molecular weight excluding hydrogens is 258 g/mol. The second-order valence-corrected chi connectivity index (χ2v) is 4.20. The molecule has 5 nitrogen and oxygen atoms in total. The first-order chi connectivity index (χ1) is 9.68. The van der Waals surface area contributed by atoms with Crippen LogP contribution in [0.5, 0.6) is 0 Å². The number of imide groups is 1. The van der Waals surface area contributed by atoms with Gasteiger partial charge in [0.25, 0.3) is 11.8 Å². The third kappa shape index (κ3) is 1.85.